The molecule has 0 saturated heterocycles. The molecule has 2 rings (SSSR count). The van der Waals surface area contributed by atoms with E-state index in [1.54, 1.807) is 48.5 Å². The van der Waals surface area contributed by atoms with Gasteiger partial charge in [0.15, 0.2) is 0 Å². The molecule has 7 heteroatoms. The maximum Gasteiger partial charge on any atom is 0.316 e. The zero-order chi connectivity index (χ0) is 29.0. The summed E-state index contributed by atoms with van der Waals surface area (Å²) in [5.41, 5.74) is 1.75. The number of para-hydroxylation sites is 1. The van der Waals surface area contributed by atoms with Gasteiger partial charge in [-0.2, -0.15) is 0 Å². The molecule has 220 valence electrons. The van der Waals surface area contributed by atoms with Gasteiger partial charge in [-0.1, -0.05) is 102 Å². The molecule has 2 amide bonds. The maximum atomic E-state index is 12.7. The van der Waals surface area contributed by atoms with Crippen molar-refractivity contribution in [2.75, 3.05) is 17.7 Å². The molecular formula is C33H48N2O5. The van der Waals surface area contributed by atoms with Gasteiger partial charge in [-0.15, -0.1) is 0 Å². The molecule has 40 heavy (non-hydrogen) atoms. The number of nitrogens with one attached hydrogen (secondary N) is 2. The van der Waals surface area contributed by atoms with Crippen molar-refractivity contribution in [2.24, 2.45) is 5.92 Å². The lowest BCUT2D eigenvalue weighted by Crippen LogP contribution is -2.31. The number of unbranched alkanes of at least 4 members (excludes halogenated alkanes) is 12. The molecule has 0 aromatic heterocycles. The number of aliphatic carboxylic acids is 1. The van der Waals surface area contributed by atoms with E-state index in [-0.39, 0.29) is 12.3 Å². The SMILES string of the molecule is CCCCCCCCCCCCCCCC(=O)Nc1ccc(NC(=O)C(Cc2ccccc2OC)C(=O)O)cc1. The van der Waals surface area contributed by atoms with Crippen LogP contribution in [0.4, 0.5) is 11.4 Å². The Morgan fingerprint density at radius 3 is 1.75 bits per heavy atom. The lowest BCUT2D eigenvalue weighted by atomic mass is 9.97. The molecule has 7 nitrogen and oxygen atoms in total. The van der Waals surface area contributed by atoms with E-state index in [1.165, 1.54) is 77.7 Å². The summed E-state index contributed by atoms with van der Waals surface area (Å²) in [5, 5.41) is 15.2. The molecule has 1 unspecified atom stereocenters. The fourth-order valence-electron chi connectivity index (χ4n) is 4.78. The van der Waals surface area contributed by atoms with Crippen LogP contribution in [0.15, 0.2) is 48.5 Å². The number of methoxy groups -OCH3 is 1. The molecule has 0 aliphatic heterocycles. The average molecular weight is 553 g/mol. The summed E-state index contributed by atoms with van der Waals surface area (Å²) in [6.45, 7) is 2.25. The van der Waals surface area contributed by atoms with Gasteiger partial charge in [-0.05, 0) is 48.7 Å². The second kappa shape index (κ2) is 19.7. The van der Waals surface area contributed by atoms with Crippen molar-refractivity contribution in [1.82, 2.24) is 0 Å². The summed E-state index contributed by atoms with van der Waals surface area (Å²) in [6, 6.07) is 13.8. The highest BCUT2D eigenvalue weighted by Gasteiger charge is 2.27. The van der Waals surface area contributed by atoms with E-state index < -0.39 is 17.8 Å². The van der Waals surface area contributed by atoms with E-state index >= 15 is 0 Å². The van der Waals surface area contributed by atoms with Crippen LogP contribution >= 0.6 is 0 Å². The third kappa shape index (κ3) is 13.1. The Morgan fingerprint density at radius 2 is 1.23 bits per heavy atom. The highest BCUT2D eigenvalue weighted by Crippen LogP contribution is 2.23. The minimum Gasteiger partial charge on any atom is -0.496 e. The van der Waals surface area contributed by atoms with E-state index in [0.29, 0.717) is 29.1 Å². The number of hydrogen-bond acceptors (Lipinski definition) is 4. The number of carboxylic acid groups (broad SMARTS) is 1. The molecule has 0 fully saturated rings. The number of benzene rings is 2. The largest absolute Gasteiger partial charge is 0.496 e. The first-order valence-corrected chi connectivity index (χ1v) is 15.0. The maximum absolute atomic E-state index is 12.7. The number of hydrogen-bond donors (Lipinski definition) is 3. The predicted molar refractivity (Wildman–Crippen MR) is 162 cm³/mol. The van der Waals surface area contributed by atoms with Crippen LogP contribution < -0.4 is 15.4 Å². The molecule has 0 radical (unpaired) electrons. The Hall–Kier alpha value is -3.35. The van der Waals surface area contributed by atoms with Gasteiger partial charge in [0, 0.05) is 17.8 Å². The minimum absolute atomic E-state index is 0.0124. The first-order valence-electron chi connectivity index (χ1n) is 15.0. The van der Waals surface area contributed by atoms with Gasteiger partial charge >= 0.3 is 5.97 Å². The smallest absolute Gasteiger partial charge is 0.316 e. The number of rotatable bonds is 21. The monoisotopic (exact) mass is 552 g/mol. The topological polar surface area (TPSA) is 105 Å². The first kappa shape index (κ1) is 32.9. The van der Waals surface area contributed by atoms with Crippen LogP contribution in [-0.4, -0.2) is 30.0 Å². The highest BCUT2D eigenvalue weighted by atomic mass is 16.5. The van der Waals surface area contributed by atoms with Crippen molar-refractivity contribution < 1.29 is 24.2 Å². The molecule has 2 aromatic carbocycles. The molecular weight excluding hydrogens is 504 g/mol. The second-order valence-electron chi connectivity index (χ2n) is 10.5. The summed E-state index contributed by atoms with van der Waals surface area (Å²) in [4.78, 5) is 36.8. The van der Waals surface area contributed by atoms with Crippen LogP contribution in [0.3, 0.4) is 0 Å². The molecule has 2 aromatic rings. The minimum atomic E-state index is -1.27. The zero-order valence-electron chi connectivity index (χ0n) is 24.4. The predicted octanol–water partition coefficient (Wildman–Crippen LogP) is 8.00. The molecule has 0 heterocycles. The van der Waals surface area contributed by atoms with Crippen LogP contribution in [0.5, 0.6) is 5.75 Å². The fourth-order valence-corrected chi connectivity index (χ4v) is 4.78. The number of amides is 2. The van der Waals surface area contributed by atoms with Gasteiger partial charge in [0.05, 0.1) is 7.11 Å². The summed E-state index contributed by atoms with van der Waals surface area (Å²) < 4.78 is 5.28. The zero-order valence-corrected chi connectivity index (χ0v) is 24.4. The Labute approximate surface area is 240 Å². The summed E-state index contributed by atoms with van der Waals surface area (Å²) in [6.07, 6.45) is 17.0. The summed E-state index contributed by atoms with van der Waals surface area (Å²) >= 11 is 0. The number of anilines is 2. The van der Waals surface area contributed by atoms with Crippen LogP contribution in [0.25, 0.3) is 0 Å². The Kier molecular flexibility index (Phi) is 16.2. The fraction of sp³-hybridized carbons (Fsp3) is 0.545. The normalized spacial score (nSPS) is 11.6. The van der Waals surface area contributed by atoms with Crippen molar-refractivity contribution >= 4 is 29.2 Å². The van der Waals surface area contributed by atoms with Crippen molar-refractivity contribution in [1.29, 1.82) is 0 Å². The lowest BCUT2D eigenvalue weighted by molar-refractivity contribution is -0.145. The van der Waals surface area contributed by atoms with Crippen molar-refractivity contribution in [3.8, 4) is 5.75 Å². The number of carboxylic acids is 1. The van der Waals surface area contributed by atoms with Gasteiger partial charge in [0.1, 0.15) is 11.7 Å². The van der Waals surface area contributed by atoms with E-state index in [2.05, 4.69) is 17.6 Å². The molecule has 1 atom stereocenters. The number of carbonyl (C=O) groups excluding carboxylic acids is 2. The highest BCUT2D eigenvalue weighted by molar-refractivity contribution is 6.04. The molecule has 0 aliphatic rings. The average Bonchev–Trinajstić information content (AvgIpc) is 2.95. The van der Waals surface area contributed by atoms with Gasteiger partial charge in [0.2, 0.25) is 11.8 Å². The molecule has 3 N–H and O–H groups in total. The summed E-state index contributed by atoms with van der Waals surface area (Å²) in [5.74, 6) is -2.57. The quantitative estimate of drug-likeness (QED) is 0.107. The van der Waals surface area contributed by atoms with Gasteiger partial charge in [-0.25, -0.2) is 0 Å². The van der Waals surface area contributed by atoms with E-state index in [1.807, 2.05) is 0 Å². The van der Waals surface area contributed by atoms with Crippen LogP contribution in [0.2, 0.25) is 0 Å². The lowest BCUT2D eigenvalue weighted by Gasteiger charge is -2.15. The van der Waals surface area contributed by atoms with Gasteiger partial charge in [0.25, 0.3) is 0 Å². The Morgan fingerprint density at radius 1 is 0.725 bits per heavy atom. The third-order valence-corrected chi connectivity index (χ3v) is 7.17. The van der Waals surface area contributed by atoms with Crippen LogP contribution in [0, 0.1) is 5.92 Å². The number of carbonyl (C=O) groups is 3. The van der Waals surface area contributed by atoms with Crippen LogP contribution in [-0.2, 0) is 20.8 Å². The Balaban J connectivity index is 1.64. The molecule has 0 spiro atoms. The van der Waals surface area contributed by atoms with E-state index in [9.17, 15) is 19.5 Å². The van der Waals surface area contributed by atoms with Gasteiger partial charge < -0.3 is 20.5 Å². The third-order valence-electron chi connectivity index (χ3n) is 7.17. The molecule has 0 bridgehead atoms. The number of ether oxygens (including phenoxy) is 1. The van der Waals surface area contributed by atoms with Crippen molar-refractivity contribution in [3.05, 3.63) is 54.1 Å². The summed E-state index contributed by atoms with van der Waals surface area (Å²) in [7, 11) is 1.51. The van der Waals surface area contributed by atoms with Crippen molar-refractivity contribution in [3.63, 3.8) is 0 Å². The van der Waals surface area contributed by atoms with Crippen molar-refractivity contribution in [2.45, 2.75) is 103 Å². The standard InChI is InChI=1S/C33H48N2O5/c1-3-4-5-6-7-8-9-10-11-12-13-14-15-20-31(36)34-27-21-23-28(24-22-27)35-32(37)29(33(38)39)25-26-18-16-17-19-30(26)40-2/h16-19,21-24,29H,3-15,20,25H2,1-2H3,(H,34,36)(H,35,37)(H,38,39). The van der Waals surface area contributed by atoms with E-state index in [4.69, 9.17) is 4.74 Å². The Bertz CT molecular complexity index is 1020. The van der Waals surface area contributed by atoms with Crippen LogP contribution in [0.1, 0.15) is 102 Å². The first-order chi connectivity index (χ1) is 19.4. The molecule has 0 aliphatic carbocycles. The van der Waals surface area contributed by atoms with Gasteiger partial charge in [-0.3, -0.25) is 14.4 Å². The second-order valence-corrected chi connectivity index (χ2v) is 10.5. The van der Waals surface area contributed by atoms with E-state index in [0.717, 1.165) is 12.8 Å². The molecule has 0 saturated carbocycles.